The molecule has 0 saturated carbocycles. The van der Waals surface area contributed by atoms with Crippen LogP contribution in [0.15, 0.2) is 48.6 Å². The molecule has 1 aromatic carbocycles. The number of allylic oxidation sites excluding steroid dienone is 2. The Morgan fingerprint density at radius 1 is 1.26 bits per heavy atom. The van der Waals surface area contributed by atoms with Crippen LogP contribution >= 0.6 is 0 Å². The van der Waals surface area contributed by atoms with Crippen molar-refractivity contribution in [2.24, 2.45) is 0 Å². The molecule has 3 heteroatoms. The summed E-state index contributed by atoms with van der Waals surface area (Å²) in [5.74, 6) is 0.633. The summed E-state index contributed by atoms with van der Waals surface area (Å²) in [4.78, 5) is 12.4. The highest BCUT2D eigenvalue weighted by Gasteiger charge is 2.31. The van der Waals surface area contributed by atoms with Crippen molar-refractivity contribution in [3.8, 4) is 5.75 Å². The highest BCUT2D eigenvalue weighted by atomic mass is 16.5. The molecule has 0 amide bonds. The van der Waals surface area contributed by atoms with Crippen LogP contribution in [-0.2, 0) is 4.74 Å². The van der Waals surface area contributed by atoms with E-state index in [4.69, 9.17) is 9.47 Å². The van der Waals surface area contributed by atoms with Gasteiger partial charge in [-0.15, -0.1) is 0 Å². The van der Waals surface area contributed by atoms with E-state index in [9.17, 15) is 4.79 Å². The number of benzene rings is 1. The summed E-state index contributed by atoms with van der Waals surface area (Å²) in [5, 5.41) is 0. The molecule has 2 rings (SSSR count). The van der Waals surface area contributed by atoms with Crippen LogP contribution in [0, 0.1) is 0 Å². The zero-order valence-corrected chi connectivity index (χ0v) is 11.3. The Hall–Kier alpha value is -1.87. The van der Waals surface area contributed by atoms with Gasteiger partial charge in [-0.05, 0) is 18.6 Å². The first kappa shape index (κ1) is 13.6. The van der Waals surface area contributed by atoms with Gasteiger partial charge in [0.05, 0.1) is 18.3 Å². The first-order chi connectivity index (χ1) is 9.21. The van der Waals surface area contributed by atoms with Crippen molar-refractivity contribution in [3.05, 3.63) is 54.1 Å². The van der Waals surface area contributed by atoms with Gasteiger partial charge < -0.3 is 9.47 Å². The first-order valence-electron chi connectivity index (χ1n) is 6.26. The Balaban J connectivity index is 2.20. The van der Waals surface area contributed by atoms with Crippen LogP contribution in [0.2, 0.25) is 0 Å². The van der Waals surface area contributed by atoms with Crippen molar-refractivity contribution in [2.75, 3.05) is 14.2 Å². The SMILES string of the molecule is COc1ccccc1C(=O)CC1(OC)C=CC=CC1. The molecule has 0 heterocycles. The largest absolute Gasteiger partial charge is 0.496 e. The van der Waals surface area contributed by atoms with Gasteiger partial charge in [-0.2, -0.15) is 0 Å². The number of methoxy groups -OCH3 is 2. The molecule has 0 aliphatic heterocycles. The fraction of sp³-hybridized carbons (Fsp3) is 0.312. The average molecular weight is 258 g/mol. The van der Waals surface area contributed by atoms with Crippen molar-refractivity contribution in [2.45, 2.75) is 18.4 Å². The maximum absolute atomic E-state index is 12.4. The number of para-hydroxylation sites is 1. The molecule has 0 radical (unpaired) electrons. The zero-order chi connectivity index (χ0) is 13.7. The molecule has 0 saturated heterocycles. The predicted molar refractivity (Wildman–Crippen MR) is 74.6 cm³/mol. The molecule has 1 atom stereocenters. The molecule has 0 N–H and O–H groups in total. The fourth-order valence-corrected chi connectivity index (χ4v) is 2.24. The van der Waals surface area contributed by atoms with E-state index in [1.165, 1.54) is 0 Å². The Morgan fingerprint density at radius 3 is 2.68 bits per heavy atom. The van der Waals surface area contributed by atoms with E-state index in [2.05, 4.69) is 0 Å². The Bertz CT molecular complexity index is 516. The third-order valence-corrected chi connectivity index (χ3v) is 3.38. The maximum Gasteiger partial charge on any atom is 0.169 e. The third kappa shape index (κ3) is 2.93. The van der Waals surface area contributed by atoms with Gasteiger partial charge in [0, 0.05) is 13.5 Å². The molecular weight excluding hydrogens is 240 g/mol. The number of ketones is 1. The highest BCUT2D eigenvalue weighted by Crippen LogP contribution is 2.29. The van der Waals surface area contributed by atoms with Gasteiger partial charge in [0.15, 0.2) is 5.78 Å². The van der Waals surface area contributed by atoms with E-state index in [1.807, 2.05) is 36.4 Å². The second kappa shape index (κ2) is 5.85. The van der Waals surface area contributed by atoms with Gasteiger partial charge in [0.2, 0.25) is 0 Å². The fourth-order valence-electron chi connectivity index (χ4n) is 2.24. The lowest BCUT2D eigenvalue weighted by molar-refractivity contribution is 0.0265. The zero-order valence-electron chi connectivity index (χ0n) is 11.3. The van der Waals surface area contributed by atoms with E-state index in [-0.39, 0.29) is 5.78 Å². The molecule has 0 fully saturated rings. The van der Waals surface area contributed by atoms with Crippen LogP contribution in [-0.4, -0.2) is 25.6 Å². The third-order valence-electron chi connectivity index (χ3n) is 3.38. The van der Waals surface area contributed by atoms with Gasteiger partial charge in [0.1, 0.15) is 5.75 Å². The summed E-state index contributed by atoms with van der Waals surface area (Å²) in [6, 6.07) is 7.27. The Morgan fingerprint density at radius 2 is 2.05 bits per heavy atom. The second-order valence-electron chi connectivity index (χ2n) is 4.56. The van der Waals surface area contributed by atoms with Crippen LogP contribution in [0.5, 0.6) is 5.75 Å². The number of hydrogen-bond donors (Lipinski definition) is 0. The number of carbonyl (C=O) groups excluding carboxylic acids is 1. The quantitative estimate of drug-likeness (QED) is 0.761. The molecule has 0 spiro atoms. The van der Waals surface area contributed by atoms with Crippen molar-refractivity contribution in [1.29, 1.82) is 0 Å². The lowest BCUT2D eigenvalue weighted by Crippen LogP contribution is -2.32. The second-order valence-corrected chi connectivity index (χ2v) is 4.56. The van der Waals surface area contributed by atoms with Crippen LogP contribution in [0.3, 0.4) is 0 Å². The number of rotatable bonds is 5. The highest BCUT2D eigenvalue weighted by molar-refractivity contribution is 5.99. The summed E-state index contributed by atoms with van der Waals surface area (Å²) in [6.07, 6.45) is 8.86. The Labute approximate surface area is 113 Å². The first-order valence-corrected chi connectivity index (χ1v) is 6.26. The normalized spacial score (nSPS) is 21.4. The molecule has 1 aliphatic rings. The van der Waals surface area contributed by atoms with E-state index < -0.39 is 5.60 Å². The van der Waals surface area contributed by atoms with Crippen LogP contribution in [0.4, 0.5) is 0 Å². The molecule has 0 aromatic heterocycles. The lowest BCUT2D eigenvalue weighted by Gasteiger charge is -2.29. The summed E-state index contributed by atoms with van der Waals surface area (Å²) in [5.41, 5.74) is 0.0662. The smallest absolute Gasteiger partial charge is 0.169 e. The Kier molecular flexibility index (Phi) is 4.17. The summed E-state index contributed by atoms with van der Waals surface area (Å²) in [7, 11) is 3.21. The lowest BCUT2D eigenvalue weighted by atomic mass is 9.87. The van der Waals surface area contributed by atoms with E-state index in [0.29, 0.717) is 24.2 Å². The molecule has 1 unspecified atom stereocenters. The molecular formula is C16H18O3. The number of hydrogen-bond acceptors (Lipinski definition) is 3. The van der Waals surface area contributed by atoms with Gasteiger partial charge in [-0.3, -0.25) is 4.79 Å². The van der Waals surface area contributed by atoms with E-state index in [1.54, 1.807) is 26.4 Å². The minimum atomic E-state index is -0.535. The van der Waals surface area contributed by atoms with E-state index in [0.717, 1.165) is 0 Å². The maximum atomic E-state index is 12.4. The molecule has 100 valence electrons. The minimum absolute atomic E-state index is 0.0271. The summed E-state index contributed by atoms with van der Waals surface area (Å²) >= 11 is 0. The van der Waals surface area contributed by atoms with Crippen LogP contribution in [0.1, 0.15) is 23.2 Å². The van der Waals surface area contributed by atoms with Crippen molar-refractivity contribution >= 4 is 5.78 Å². The number of carbonyl (C=O) groups is 1. The molecule has 1 aromatic rings. The summed E-state index contributed by atoms with van der Waals surface area (Å²) in [6.45, 7) is 0. The predicted octanol–water partition coefficient (Wildman–Crippen LogP) is 3.17. The van der Waals surface area contributed by atoms with Gasteiger partial charge in [-0.1, -0.05) is 36.4 Å². The standard InChI is InChI=1S/C16H18O3/c1-18-15-9-5-4-8-13(15)14(17)12-16(19-2)10-6-3-7-11-16/h3-10H,11-12H2,1-2H3. The van der Waals surface area contributed by atoms with Crippen molar-refractivity contribution < 1.29 is 14.3 Å². The number of ether oxygens (including phenoxy) is 2. The topological polar surface area (TPSA) is 35.5 Å². The minimum Gasteiger partial charge on any atom is -0.496 e. The van der Waals surface area contributed by atoms with Gasteiger partial charge in [0.25, 0.3) is 0 Å². The molecule has 1 aliphatic carbocycles. The molecule has 0 bridgehead atoms. The monoisotopic (exact) mass is 258 g/mol. The number of Topliss-reactive ketones (excluding diaryl/α,β-unsaturated/α-hetero) is 1. The average Bonchev–Trinajstić information content (AvgIpc) is 2.48. The van der Waals surface area contributed by atoms with Crippen LogP contribution in [0.25, 0.3) is 0 Å². The molecule has 3 nitrogen and oxygen atoms in total. The van der Waals surface area contributed by atoms with E-state index >= 15 is 0 Å². The van der Waals surface area contributed by atoms with Crippen molar-refractivity contribution in [1.82, 2.24) is 0 Å². The van der Waals surface area contributed by atoms with Crippen molar-refractivity contribution in [3.63, 3.8) is 0 Å². The molecule has 19 heavy (non-hydrogen) atoms. The van der Waals surface area contributed by atoms with Gasteiger partial charge >= 0.3 is 0 Å². The van der Waals surface area contributed by atoms with Gasteiger partial charge in [-0.25, -0.2) is 0 Å². The summed E-state index contributed by atoms with van der Waals surface area (Å²) < 4.78 is 10.8. The van der Waals surface area contributed by atoms with Crippen LogP contribution < -0.4 is 4.74 Å².